The van der Waals surface area contributed by atoms with Crippen molar-refractivity contribution in [3.8, 4) is 0 Å². The molecule has 0 aromatic heterocycles. The number of hydrogen-bond acceptors (Lipinski definition) is 2. The molecule has 0 unspecified atom stereocenters. The van der Waals surface area contributed by atoms with E-state index in [-0.39, 0.29) is 16.6 Å². The number of carboxylic acids is 1. The van der Waals surface area contributed by atoms with Crippen LogP contribution in [0.1, 0.15) is 17.3 Å². The Labute approximate surface area is 116 Å². The number of anilines is 1. The molecule has 1 aromatic rings. The van der Waals surface area contributed by atoms with Crippen LogP contribution in [0.25, 0.3) is 0 Å². The number of carbonyl (C=O) groups excluding carboxylic acids is 1. The number of carbonyl (C=O) groups is 2. The molecule has 0 aliphatic heterocycles. The van der Waals surface area contributed by atoms with Gasteiger partial charge in [-0.1, -0.05) is 23.8 Å². The second-order valence-corrected chi connectivity index (χ2v) is 4.71. The zero-order valence-corrected chi connectivity index (χ0v) is 11.5. The van der Waals surface area contributed by atoms with Crippen LogP contribution < -0.4 is 5.32 Å². The molecule has 0 aliphatic rings. The average Bonchev–Trinajstić information content (AvgIpc) is 2.26. The van der Waals surface area contributed by atoms with Crippen LogP contribution in [0.4, 0.5) is 10.5 Å². The minimum absolute atomic E-state index is 0.0188. The number of likely N-dealkylation sites (N-methyl/N-ethyl adjacent to an activating group) is 1. The molecule has 1 rings (SSSR count). The highest BCUT2D eigenvalue weighted by molar-refractivity contribution is 6.31. The van der Waals surface area contributed by atoms with Crippen molar-refractivity contribution in [2.75, 3.05) is 18.9 Å². The van der Waals surface area contributed by atoms with E-state index in [1.807, 2.05) is 6.92 Å². The number of carboxylic acid groups (broad SMARTS) is 1. The van der Waals surface area contributed by atoms with Gasteiger partial charge < -0.3 is 15.3 Å². The average molecular weight is 283 g/mol. The summed E-state index contributed by atoms with van der Waals surface area (Å²) >= 11 is 5.80. The molecule has 102 valence electrons. The van der Waals surface area contributed by atoms with Gasteiger partial charge in [-0.25, -0.2) is 9.59 Å². The van der Waals surface area contributed by atoms with Gasteiger partial charge in [0.1, 0.15) is 0 Å². The smallest absolute Gasteiger partial charge is 0.335 e. The summed E-state index contributed by atoms with van der Waals surface area (Å²) in [6.45, 7) is 5.94. The lowest BCUT2D eigenvalue weighted by Gasteiger charge is -2.18. The molecule has 1 aromatic carbocycles. The van der Waals surface area contributed by atoms with Gasteiger partial charge in [0.05, 0.1) is 5.56 Å². The predicted octanol–water partition coefficient (Wildman–Crippen LogP) is 3.08. The summed E-state index contributed by atoms with van der Waals surface area (Å²) in [7, 11) is 1.62. The molecule has 0 saturated heterocycles. The van der Waals surface area contributed by atoms with E-state index in [0.29, 0.717) is 12.2 Å². The van der Waals surface area contributed by atoms with E-state index in [2.05, 4.69) is 11.9 Å². The van der Waals surface area contributed by atoms with Crippen LogP contribution in [-0.4, -0.2) is 35.6 Å². The largest absolute Gasteiger partial charge is 0.478 e. The molecule has 5 nitrogen and oxygen atoms in total. The minimum atomic E-state index is -1.10. The topological polar surface area (TPSA) is 69.6 Å². The van der Waals surface area contributed by atoms with Crippen LogP contribution >= 0.6 is 11.6 Å². The van der Waals surface area contributed by atoms with Gasteiger partial charge in [0.25, 0.3) is 0 Å². The molecule has 0 spiro atoms. The van der Waals surface area contributed by atoms with Crippen molar-refractivity contribution in [1.29, 1.82) is 0 Å². The molecule has 19 heavy (non-hydrogen) atoms. The number of benzene rings is 1. The van der Waals surface area contributed by atoms with Crippen molar-refractivity contribution in [3.63, 3.8) is 0 Å². The van der Waals surface area contributed by atoms with Gasteiger partial charge >= 0.3 is 12.0 Å². The number of aromatic carboxylic acids is 1. The molecule has 0 aliphatic carbocycles. The molecule has 0 fully saturated rings. The summed E-state index contributed by atoms with van der Waals surface area (Å²) in [5.74, 6) is -1.10. The second kappa shape index (κ2) is 6.24. The van der Waals surface area contributed by atoms with Crippen LogP contribution in [0.15, 0.2) is 30.4 Å². The van der Waals surface area contributed by atoms with Crippen LogP contribution in [0.3, 0.4) is 0 Å². The molecule has 2 amide bonds. The third-order valence-corrected chi connectivity index (χ3v) is 2.47. The van der Waals surface area contributed by atoms with Crippen LogP contribution in [0, 0.1) is 0 Å². The van der Waals surface area contributed by atoms with Crippen molar-refractivity contribution in [1.82, 2.24) is 4.90 Å². The normalized spacial score (nSPS) is 9.84. The lowest BCUT2D eigenvalue weighted by Crippen LogP contribution is -2.32. The molecule has 0 radical (unpaired) electrons. The van der Waals surface area contributed by atoms with E-state index >= 15 is 0 Å². The molecule has 2 N–H and O–H groups in total. The predicted molar refractivity (Wildman–Crippen MR) is 74.9 cm³/mol. The maximum absolute atomic E-state index is 11.8. The maximum atomic E-state index is 11.8. The summed E-state index contributed by atoms with van der Waals surface area (Å²) in [6.07, 6.45) is 0. The standard InChI is InChI=1S/C13H15ClN2O3/c1-8(2)7-16(3)13(19)15-11-5-9(12(17)18)4-10(14)6-11/h4-6H,1,7H2,2-3H3,(H,15,19)(H,17,18). The Bertz CT molecular complexity index is 529. The monoisotopic (exact) mass is 282 g/mol. The highest BCUT2D eigenvalue weighted by atomic mass is 35.5. The summed E-state index contributed by atoms with van der Waals surface area (Å²) in [5.41, 5.74) is 1.20. The Morgan fingerprint density at radius 1 is 1.42 bits per heavy atom. The Morgan fingerprint density at radius 3 is 2.58 bits per heavy atom. The lowest BCUT2D eigenvalue weighted by atomic mass is 10.2. The molecule has 0 saturated carbocycles. The van der Waals surface area contributed by atoms with E-state index in [9.17, 15) is 9.59 Å². The minimum Gasteiger partial charge on any atom is -0.478 e. The van der Waals surface area contributed by atoms with Gasteiger partial charge in [-0.15, -0.1) is 0 Å². The van der Waals surface area contributed by atoms with Crippen LogP contribution in [0.2, 0.25) is 5.02 Å². The summed E-state index contributed by atoms with van der Waals surface area (Å²) < 4.78 is 0. The molecule has 6 heteroatoms. The highest BCUT2D eigenvalue weighted by Gasteiger charge is 2.11. The fraction of sp³-hybridized carbons (Fsp3) is 0.231. The summed E-state index contributed by atoms with van der Waals surface area (Å²) in [6, 6.07) is 3.79. The quantitative estimate of drug-likeness (QED) is 0.834. The SMILES string of the molecule is C=C(C)CN(C)C(=O)Nc1cc(Cl)cc(C(=O)O)c1. The van der Waals surface area contributed by atoms with E-state index in [4.69, 9.17) is 16.7 Å². The molecule has 0 bridgehead atoms. The van der Waals surface area contributed by atoms with Crippen molar-refractivity contribution < 1.29 is 14.7 Å². The van der Waals surface area contributed by atoms with E-state index in [1.54, 1.807) is 7.05 Å². The van der Waals surface area contributed by atoms with E-state index < -0.39 is 5.97 Å². The fourth-order valence-electron chi connectivity index (χ4n) is 1.48. The fourth-order valence-corrected chi connectivity index (χ4v) is 1.72. The van der Waals surface area contributed by atoms with Crippen molar-refractivity contribution in [2.45, 2.75) is 6.92 Å². The second-order valence-electron chi connectivity index (χ2n) is 4.28. The molecule has 0 atom stereocenters. The summed E-state index contributed by atoms with van der Waals surface area (Å²) in [4.78, 5) is 24.1. The molecular weight excluding hydrogens is 268 g/mol. The lowest BCUT2D eigenvalue weighted by molar-refractivity contribution is 0.0697. The third-order valence-electron chi connectivity index (χ3n) is 2.25. The Morgan fingerprint density at radius 2 is 2.05 bits per heavy atom. The van der Waals surface area contributed by atoms with Crippen LogP contribution in [0.5, 0.6) is 0 Å². The molecule has 0 heterocycles. The number of nitrogens with zero attached hydrogens (tertiary/aromatic N) is 1. The summed E-state index contributed by atoms with van der Waals surface area (Å²) in [5, 5.41) is 11.7. The van der Waals surface area contributed by atoms with Crippen LogP contribution in [-0.2, 0) is 0 Å². The zero-order chi connectivity index (χ0) is 14.6. The maximum Gasteiger partial charge on any atom is 0.335 e. The van der Waals surface area contributed by atoms with Gasteiger partial charge in [-0.3, -0.25) is 0 Å². The van der Waals surface area contributed by atoms with Gasteiger partial charge in [0, 0.05) is 24.3 Å². The number of urea groups is 1. The number of rotatable bonds is 4. The van der Waals surface area contributed by atoms with E-state index in [0.717, 1.165) is 5.57 Å². The van der Waals surface area contributed by atoms with Crippen molar-refractivity contribution >= 4 is 29.3 Å². The van der Waals surface area contributed by atoms with Gasteiger partial charge in [-0.05, 0) is 25.1 Å². The third kappa shape index (κ3) is 4.63. The molecular formula is C13H15ClN2O3. The first-order valence-electron chi connectivity index (χ1n) is 5.50. The van der Waals surface area contributed by atoms with Gasteiger partial charge in [-0.2, -0.15) is 0 Å². The number of hydrogen-bond donors (Lipinski definition) is 2. The first kappa shape index (κ1) is 15.0. The highest BCUT2D eigenvalue weighted by Crippen LogP contribution is 2.19. The van der Waals surface area contributed by atoms with Gasteiger partial charge in [0.2, 0.25) is 0 Å². The number of nitrogens with one attached hydrogen (secondary N) is 1. The Balaban J connectivity index is 2.84. The first-order chi connectivity index (χ1) is 8.79. The Hall–Kier alpha value is -2.01. The Kier molecular flexibility index (Phi) is 4.94. The van der Waals surface area contributed by atoms with E-state index in [1.165, 1.54) is 23.1 Å². The number of amides is 2. The number of halogens is 1. The van der Waals surface area contributed by atoms with Crippen molar-refractivity contribution in [2.24, 2.45) is 0 Å². The zero-order valence-electron chi connectivity index (χ0n) is 10.7. The first-order valence-corrected chi connectivity index (χ1v) is 5.88. The van der Waals surface area contributed by atoms with Crippen molar-refractivity contribution in [3.05, 3.63) is 40.9 Å². The van der Waals surface area contributed by atoms with Gasteiger partial charge in [0.15, 0.2) is 0 Å².